The van der Waals surface area contributed by atoms with E-state index in [1.165, 1.54) is 5.56 Å². The van der Waals surface area contributed by atoms with Gasteiger partial charge in [0.15, 0.2) is 0 Å². The first-order valence-corrected chi connectivity index (χ1v) is 10.8. The second-order valence-corrected chi connectivity index (χ2v) is 8.25. The van der Waals surface area contributed by atoms with Crippen molar-refractivity contribution in [1.29, 1.82) is 0 Å². The molecule has 4 heterocycles. The lowest BCUT2D eigenvalue weighted by molar-refractivity contribution is -0.135. The number of hydrogen-bond donors (Lipinski definition) is 2. The van der Waals surface area contributed by atoms with Crippen molar-refractivity contribution in [3.63, 3.8) is 0 Å². The topological polar surface area (TPSA) is 137 Å². The Morgan fingerprint density at radius 3 is 2.22 bits per heavy atom. The fraction of sp³-hybridized carbons (Fsp3) is 0.714. The number of morpholine rings is 1. The third-order valence-electron chi connectivity index (χ3n) is 6.39. The molecule has 11 heteroatoms. The van der Waals surface area contributed by atoms with Gasteiger partial charge in [-0.05, 0) is 33.2 Å². The van der Waals surface area contributed by atoms with Crippen molar-refractivity contribution >= 4 is 18.9 Å². The molecule has 0 saturated carbocycles. The average Bonchev–Trinajstić information content (AvgIpc) is 3.44. The first kappa shape index (κ1) is 25.8. The highest BCUT2D eigenvalue weighted by Gasteiger charge is 2.50. The van der Waals surface area contributed by atoms with Crippen molar-refractivity contribution < 1.29 is 33.9 Å². The van der Waals surface area contributed by atoms with Gasteiger partial charge in [-0.1, -0.05) is 5.16 Å². The molecule has 3 fully saturated rings. The van der Waals surface area contributed by atoms with Crippen LogP contribution in [-0.2, 0) is 25.7 Å². The summed E-state index contributed by atoms with van der Waals surface area (Å²) in [6.07, 6.45) is 1.97. The molecule has 1 atom stereocenters. The van der Waals surface area contributed by atoms with Crippen molar-refractivity contribution in [3.8, 4) is 0 Å². The van der Waals surface area contributed by atoms with Gasteiger partial charge in [-0.25, -0.2) is 0 Å². The van der Waals surface area contributed by atoms with Crippen molar-refractivity contribution in [3.05, 3.63) is 17.0 Å². The van der Waals surface area contributed by atoms with Crippen LogP contribution >= 0.6 is 0 Å². The van der Waals surface area contributed by atoms with E-state index in [1.54, 1.807) is 0 Å². The number of carbonyl (C=O) groups excluding carboxylic acids is 1. The maximum Gasteiger partial charge on any atom is 0.290 e. The number of hydrogen-bond acceptors (Lipinski definition) is 8. The number of nitrogens with zero attached hydrogens (tertiary/aromatic N) is 4. The lowest BCUT2D eigenvalue weighted by atomic mass is 9.85. The van der Waals surface area contributed by atoms with Crippen molar-refractivity contribution in [2.45, 2.75) is 33.2 Å². The predicted octanol–water partition coefficient (Wildman–Crippen LogP) is 0.450. The highest BCUT2D eigenvalue weighted by Crippen LogP contribution is 2.41. The maximum absolute atomic E-state index is 13.1. The quantitative estimate of drug-likeness (QED) is 0.603. The lowest BCUT2D eigenvalue weighted by Crippen LogP contribution is -2.43. The molecule has 0 bridgehead atoms. The SMILES string of the molecule is Cc1noc(C)c1CN1CCC2(CCN(CCN3CCOCC3)C2=O)C1.O=CO.O=CO. The molecule has 11 nitrogen and oxygen atoms in total. The molecule has 1 aromatic rings. The number of carboxylic acid groups (broad SMARTS) is 2. The van der Waals surface area contributed by atoms with Gasteiger partial charge in [-0.2, -0.15) is 0 Å². The smallest absolute Gasteiger partial charge is 0.290 e. The summed E-state index contributed by atoms with van der Waals surface area (Å²) in [7, 11) is 0. The van der Waals surface area contributed by atoms with E-state index in [0.29, 0.717) is 5.91 Å². The van der Waals surface area contributed by atoms with E-state index < -0.39 is 0 Å². The summed E-state index contributed by atoms with van der Waals surface area (Å²) in [6.45, 7) is 12.5. The Balaban J connectivity index is 0.000000547. The minimum absolute atomic E-state index is 0.163. The second-order valence-electron chi connectivity index (χ2n) is 8.25. The van der Waals surface area contributed by atoms with Gasteiger partial charge >= 0.3 is 0 Å². The van der Waals surface area contributed by atoms with Crippen LogP contribution in [0, 0.1) is 19.3 Å². The Hall–Kier alpha value is -2.50. The Kier molecular flexibility index (Phi) is 10.1. The van der Waals surface area contributed by atoms with E-state index in [4.69, 9.17) is 29.1 Å². The Morgan fingerprint density at radius 1 is 1.00 bits per heavy atom. The maximum atomic E-state index is 13.1. The van der Waals surface area contributed by atoms with E-state index in [9.17, 15) is 4.79 Å². The Bertz CT molecular complexity index is 725. The van der Waals surface area contributed by atoms with Crippen LogP contribution in [0.1, 0.15) is 29.9 Å². The number of ether oxygens (including phenoxy) is 1. The molecule has 32 heavy (non-hydrogen) atoms. The first-order chi connectivity index (χ1) is 15.4. The minimum Gasteiger partial charge on any atom is -0.483 e. The van der Waals surface area contributed by atoms with Gasteiger partial charge in [0.25, 0.3) is 12.9 Å². The third kappa shape index (κ3) is 6.50. The fourth-order valence-corrected chi connectivity index (χ4v) is 4.62. The third-order valence-corrected chi connectivity index (χ3v) is 6.39. The molecule has 1 aromatic heterocycles. The number of aryl methyl sites for hydroxylation is 2. The fourth-order valence-electron chi connectivity index (χ4n) is 4.62. The molecular formula is C21H34N4O7. The molecule has 1 unspecified atom stereocenters. The molecule has 3 aliphatic rings. The molecule has 0 radical (unpaired) electrons. The van der Waals surface area contributed by atoms with Crippen LogP contribution in [0.2, 0.25) is 0 Å². The largest absolute Gasteiger partial charge is 0.483 e. The van der Waals surface area contributed by atoms with Crippen LogP contribution in [0.15, 0.2) is 4.52 Å². The second kappa shape index (κ2) is 12.5. The first-order valence-electron chi connectivity index (χ1n) is 10.8. The summed E-state index contributed by atoms with van der Waals surface area (Å²) >= 11 is 0. The molecule has 4 rings (SSSR count). The molecule has 1 spiro atoms. The number of likely N-dealkylation sites (tertiary alicyclic amines) is 2. The van der Waals surface area contributed by atoms with Gasteiger partial charge in [0.1, 0.15) is 5.76 Å². The lowest BCUT2D eigenvalue weighted by Gasteiger charge is -2.29. The van der Waals surface area contributed by atoms with Gasteiger partial charge in [0, 0.05) is 51.4 Å². The minimum atomic E-state index is -0.250. The Morgan fingerprint density at radius 2 is 1.62 bits per heavy atom. The van der Waals surface area contributed by atoms with Crippen LogP contribution in [0.5, 0.6) is 0 Å². The molecule has 180 valence electrons. The van der Waals surface area contributed by atoms with Gasteiger partial charge in [-0.15, -0.1) is 0 Å². The molecule has 0 aromatic carbocycles. The molecule has 3 aliphatic heterocycles. The number of rotatable bonds is 5. The highest BCUT2D eigenvalue weighted by molar-refractivity contribution is 5.85. The summed E-state index contributed by atoms with van der Waals surface area (Å²) in [5, 5.41) is 17.8. The number of aromatic nitrogens is 1. The molecular weight excluding hydrogens is 420 g/mol. The van der Waals surface area contributed by atoms with Gasteiger partial charge in [0.05, 0.1) is 24.3 Å². The van der Waals surface area contributed by atoms with Crippen molar-refractivity contribution in [2.24, 2.45) is 5.41 Å². The Labute approximate surface area is 187 Å². The van der Waals surface area contributed by atoms with E-state index in [0.717, 1.165) is 89.9 Å². The molecule has 0 aliphatic carbocycles. The van der Waals surface area contributed by atoms with Crippen LogP contribution in [0.4, 0.5) is 0 Å². The van der Waals surface area contributed by atoms with Crippen molar-refractivity contribution in [2.75, 3.05) is 59.0 Å². The van der Waals surface area contributed by atoms with Gasteiger partial charge in [0.2, 0.25) is 5.91 Å². The summed E-state index contributed by atoms with van der Waals surface area (Å²) in [5.74, 6) is 1.26. The summed E-state index contributed by atoms with van der Waals surface area (Å²) < 4.78 is 10.7. The van der Waals surface area contributed by atoms with Crippen molar-refractivity contribution in [1.82, 2.24) is 19.9 Å². The van der Waals surface area contributed by atoms with E-state index >= 15 is 0 Å². The van der Waals surface area contributed by atoms with Crippen LogP contribution in [0.25, 0.3) is 0 Å². The normalized spacial score (nSPS) is 23.4. The zero-order chi connectivity index (χ0) is 23.6. The summed E-state index contributed by atoms with van der Waals surface area (Å²) in [6, 6.07) is 0. The van der Waals surface area contributed by atoms with E-state index in [2.05, 4.69) is 19.9 Å². The van der Waals surface area contributed by atoms with E-state index in [1.807, 2.05) is 13.8 Å². The van der Waals surface area contributed by atoms with Gasteiger partial charge in [-0.3, -0.25) is 24.2 Å². The predicted molar refractivity (Wildman–Crippen MR) is 114 cm³/mol. The summed E-state index contributed by atoms with van der Waals surface area (Å²) in [5.41, 5.74) is 1.98. The van der Waals surface area contributed by atoms with E-state index in [-0.39, 0.29) is 18.4 Å². The summed E-state index contributed by atoms with van der Waals surface area (Å²) in [4.78, 5) is 36.7. The monoisotopic (exact) mass is 454 g/mol. The van der Waals surface area contributed by atoms with Gasteiger partial charge < -0.3 is 24.4 Å². The van der Waals surface area contributed by atoms with Crippen LogP contribution < -0.4 is 0 Å². The molecule has 2 N–H and O–H groups in total. The van der Waals surface area contributed by atoms with Crippen LogP contribution in [-0.4, -0.2) is 108 Å². The number of amides is 1. The van der Waals surface area contributed by atoms with Crippen LogP contribution in [0.3, 0.4) is 0 Å². The number of carbonyl (C=O) groups is 3. The highest BCUT2D eigenvalue weighted by atomic mass is 16.5. The molecule has 1 amide bonds. The molecule has 3 saturated heterocycles. The average molecular weight is 455 g/mol. The standard InChI is InChI=1S/C19H30N4O3.2CH2O2/c1-15-17(16(2)26-20-15)13-22-5-3-19(14-22)4-6-23(18(19)24)8-7-21-9-11-25-12-10-21;2*2-1-3/h3-14H2,1-2H3;2*1H,(H,2,3). The zero-order valence-corrected chi connectivity index (χ0v) is 18.9. The zero-order valence-electron chi connectivity index (χ0n) is 18.9.